The quantitative estimate of drug-likeness (QED) is 0.546. The van der Waals surface area contributed by atoms with E-state index in [9.17, 15) is 0 Å². The van der Waals surface area contributed by atoms with Crippen molar-refractivity contribution in [2.45, 2.75) is 31.6 Å². The van der Waals surface area contributed by atoms with Gasteiger partial charge in [0.25, 0.3) is 0 Å². The van der Waals surface area contributed by atoms with Gasteiger partial charge in [-0.1, -0.05) is 24.4 Å². The van der Waals surface area contributed by atoms with Crippen LogP contribution in [0.25, 0.3) is 33.7 Å². The van der Waals surface area contributed by atoms with Gasteiger partial charge in [-0.05, 0) is 31.0 Å². The van der Waals surface area contributed by atoms with Crippen molar-refractivity contribution in [2.75, 3.05) is 5.73 Å². The second kappa shape index (κ2) is 6.60. The second-order valence-corrected chi connectivity index (χ2v) is 7.61. The van der Waals surface area contributed by atoms with Crippen molar-refractivity contribution in [1.82, 2.24) is 24.7 Å². The minimum Gasteiger partial charge on any atom is -0.442 e. The van der Waals surface area contributed by atoms with E-state index in [1.165, 1.54) is 19.2 Å². The summed E-state index contributed by atoms with van der Waals surface area (Å²) in [7, 11) is 1.87. The lowest BCUT2D eigenvalue weighted by Gasteiger charge is -2.15. The predicted molar refractivity (Wildman–Crippen MR) is 108 cm³/mol. The Morgan fingerprint density at radius 2 is 2.00 bits per heavy atom. The van der Waals surface area contributed by atoms with Gasteiger partial charge in [0, 0.05) is 24.7 Å². The fourth-order valence-electron chi connectivity index (χ4n) is 3.95. The maximum atomic E-state index is 6.43. The number of halogens is 1. The fourth-order valence-corrected chi connectivity index (χ4v) is 4.21. The second-order valence-electron chi connectivity index (χ2n) is 7.21. The molecule has 8 heteroatoms. The first kappa shape index (κ1) is 17.2. The first-order chi connectivity index (χ1) is 13.6. The lowest BCUT2D eigenvalue weighted by molar-refractivity contribution is 0.602. The van der Waals surface area contributed by atoms with Gasteiger partial charge in [-0.3, -0.25) is 4.68 Å². The molecule has 3 aromatic heterocycles. The van der Waals surface area contributed by atoms with Crippen LogP contribution in [-0.2, 0) is 7.05 Å². The maximum absolute atomic E-state index is 6.43. The highest BCUT2D eigenvalue weighted by Gasteiger charge is 2.25. The van der Waals surface area contributed by atoms with Crippen molar-refractivity contribution in [3.63, 3.8) is 0 Å². The number of aryl methyl sites for hydroxylation is 1. The number of anilines is 1. The molecule has 1 aliphatic rings. The summed E-state index contributed by atoms with van der Waals surface area (Å²) in [6, 6.07) is 5.65. The first-order valence-corrected chi connectivity index (χ1v) is 9.68. The summed E-state index contributed by atoms with van der Waals surface area (Å²) in [5.41, 5.74) is 11.3. The number of benzene rings is 1. The van der Waals surface area contributed by atoms with Crippen LogP contribution in [0.3, 0.4) is 0 Å². The van der Waals surface area contributed by atoms with E-state index in [4.69, 9.17) is 31.7 Å². The van der Waals surface area contributed by atoms with Gasteiger partial charge in [0.05, 0.1) is 16.4 Å². The molecule has 0 saturated heterocycles. The van der Waals surface area contributed by atoms with Gasteiger partial charge in [-0.25, -0.2) is 15.0 Å². The van der Waals surface area contributed by atoms with Gasteiger partial charge in [-0.15, -0.1) is 0 Å². The van der Waals surface area contributed by atoms with Gasteiger partial charge < -0.3 is 10.2 Å². The molecule has 1 saturated carbocycles. The number of nitrogen functional groups attached to an aromatic ring is 1. The normalized spacial score (nSPS) is 14.9. The fraction of sp³-hybridized carbons (Fsp3) is 0.300. The Labute approximate surface area is 166 Å². The Morgan fingerprint density at radius 3 is 2.75 bits per heavy atom. The molecule has 1 fully saturated rings. The number of oxazole rings is 1. The molecule has 0 radical (unpaired) electrons. The molecule has 2 N–H and O–H groups in total. The highest BCUT2D eigenvalue weighted by atomic mass is 35.5. The molecule has 3 heterocycles. The summed E-state index contributed by atoms with van der Waals surface area (Å²) in [4.78, 5) is 14.0. The minimum absolute atomic E-state index is 0.343. The van der Waals surface area contributed by atoms with Crippen molar-refractivity contribution in [2.24, 2.45) is 7.05 Å². The Morgan fingerprint density at radius 1 is 1.18 bits per heavy atom. The molecule has 0 aliphatic heterocycles. The van der Waals surface area contributed by atoms with Gasteiger partial charge in [-0.2, -0.15) is 5.10 Å². The molecular weight excluding hydrogens is 376 g/mol. The molecule has 0 bridgehead atoms. The van der Waals surface area contributed by atoms with Gasteiger partial charge >= 0.3 is 0 Å². The third kappa shape index (κ3) is 2.82. The van der Waals surface area contributed by atoms with E-state index in [2.05, 4.69) is 10.1 Å². The first-order valence-electron chi connectivity index (χ1n) is 9.30. The van der Waals surface area contributed by atoms with Crippen LogP contribution < -0.4 is 5.73 Å². The number of aromatic nitrogens is 5. The van der Waals surface area contributed by atoms with Crippen LogP contribution >= 0.6 is 11.6 Å². The van der Waals surface area contributed by atoms with Crippen LogP contribution in [-0.4, -0.2) is 24.7 Å². The number of hydrogen-bond donors (Lipinski definition) is 1. The lowest BCUT2D eigenvalue weighted by Crippen LogP contribution is -2.08. The van der Waals surface area contributed by atoms with Crippen LogP contribution in [0.4, 0.5) is 5.82 Å². The lowest BCUT2D eigenvalue weighted by atomic mass is 10.0. The van der Waals surface area contributed by atoms with Crippen LogP contribution in [0.15, 0.2) is 35.2 Å². The highest BCUT2D eigenvalue weighted by Crippen LogP contribution is 2.39. The zero-order valence-electron chi connectivity index (χ0n) is 15.4. The standard InChI is InChI=1S/C20H19ClN6O/c1-27-7-6-14(26-27)18-16(12-8-13(21)19-15(9-12)23-10-28-19)24-17(20(22)25-18)11-4-2-3-5-11/h6-11H,2-5H2,1H3,(H2,22,25). The maximum Gasteiger partial charge on any atom is 0.182 e. The zero-order chi connectivity index (χ0) is 19.3. The predicted octanol–water partition coefficient (Wildman–Crippen LogP) is 4.58. The number of fused-ring (bicyclic) bond motifs is 1. The minimum atomic E-state index is 0.343. The number of nitrogens with zero attached hydrogens (tertiary/aromatic N) is 5. The van der Waals surface area contributed by atoms with Crippen LogP contribution in [0.5, 0.6) is 0 Å². The van der Waals surface area contributed by atoms with E-state index in [1.807, 2.05) is 31.4 Å². The molecule has 142 valence electrons. The molecular formula is C20H19ClN6O. The molecule has 4 aromatic rings. The molecule has 1 aliphatic carbocycles. The van der Waals surface area contributed by atoms with E-state index in [0.29, 0.717) is 44.9 Å². The van der Waals surface area contributed by atoms with E-state index in [-0.39, 0.29) is 0 Å². The Hall–Kier alpha value is -2.93. The summed E-state index contributed by atoms with van der Waals surface area (Å²) < 4.78 is 7.10. The Bertz CT molecular complexity index is 1170. The van der Waals surface area contributed by atoms with Crippen molar-refractivity contribution in [3.8, 4) is 22.6 Å². The molecule has 0 spiro atoms. The zero-order valence-corrected chi connectivity index (χ0v) is 16.1. The molecule has 0 unspecified atom stereocenters. The number of rotatable bonds is 3. The molecule has 0 amide bonds. The van der Waals surface area contributed by atoms with Crippen molar-refractivity contribution in [1.29, 1.82) is 0 Å². The van der Waals surface area contributed by atoms with Crippen LogP contribution in [0, 0.1) is 0 Å². The third-order valence-corrected chi connectivity index (χ3v) is 5.59. The van der Waals surface area contributed by atoms with E-state index in [1.54, 1.807) is 4.68 Å². The summed E-state index contributed by atoms with van der Waals surface area (Å²) in [6.45, 7) is 0. The highest BCUT2D eigenvalue weighted by molar-refractivity contribution is 6.35. The summed E-state index contributed by atoms with van der Waals surface area (Å²) in [6.07, 6.45) is 7.82. The van der Waals surface area contributed by atoms with Crippen molar-refractivity contribution in [3.05, 3.63) is 41.5 Å². The van der Waals surface area contributed by atoms with Crippen LogP contribution in [0.2, 0.25) is 5.02 Å². The molecule has 1 aromatic carbocycles. The van der Waals surface area contributed by atoms with Crippen molar-refractivity contribution >= 4 is 28.5 Å². The monoisotopic (exact) mass is 394 g/mol. The third-order valence-electron chi connectivity index (χ3n) is 5.31. The summed E-state index contributed by atoms with van der Waals surface area (Å²) in [5.74, 6) is 0.820. The molecule has 7 nitrogen and oxygen atoms in total. The van der Waals surface area contributed by atoms with E-state index < -0.39 is 0 Å². The molecule has 28 heavy (non-hydrogen) atoms. The smallest absolute Gasteiger partial charge is 0.182 e. The largest absolute Gasteiger partial charge is 0.442 e. The molecule has 0 atom stereocenters. The average Bonchev–Trinajstić information content (AvgIpc) is 3.43. The SMILES string of the molecule is Cn1ccc(-c2nc(N)c(C3CCCC3)nc2-c2cc(Cl)c3ocnc3c2)n1. The summed E-state index contributed by atoms with van der Waals surface area (Å²) in [5, 5.41) is 4.99. The average molecular weight is 395 g/mol. The molecule has 5 rings (SSSR count). The topological polar surface area (TPSA) is 95.7 Å². The number of nitrogens with two attached hydrogens (primary N) is 1. The van der Waals surface area contributed by atoms with Gasteiger partial charge in [0.15, 0.2) is 12.0 Å². The van der Waals surface area contributed by atoms with Crippen molar-refractivity contribution < 1.29 is 4.42 Å². The van der Waals surface area contributed by atoms with Gasteiger partial charge in [0.2, 0.25) is 0 Å². The Balaban J connectivity index is 1.75. The Kier molecular flexibility index (Phi) is 4.05. The van der Waals surface area contributed by atoms with E-state index >= 15 is 0 Å². The van der Waals surface area contributed by atoms with E-state index in [0.717, 1.165) is 24.1 Å². The van der Waals surface area contributed by atoms with Gasteiger partial charge in [0.1, 0.15) is 22.7 Å². The number of hydrogen-bond acceptors (Lipinski definition) is 6. The van der Waals surface area contributed by atoms with Crippen LogP contribution in [0.1, 0.15) is 37.3 Å². The summed E-state index contributed by atoms with van der Waals surface area (Å²) >= 11 is 6.43.